The van der Waals surface area contributed by atoms with Crippen molar-refractivity contribution in [3.05, 3.63) is 84.5 Å². The first-order chi connectivity index (χ1) is 20.3. The van der Waals surface area contributed by atoms with Crippen molar-refractivity contribution in [1.82, 2.24) is 9.80 Å². The van der Waals surface area contributed by atoms with E-state index in [-0.39, 0.29) is 35.5 Å². The molecule has 2 aromatic rings. The molecular formula is C33H37N3O5S. The van der Waals surface area contributed by atoms with Gasteiger partial charge in [-0.2, -0.15) is 0 Å². The highest BCUT2D eigenvalue weighted by molar-refractivity contribution is 8.02. The summed E-state index contributed by atoms with van der Waals surface area (Å²) < 4.78 is 4.37. The Kier molecular flexibility index (Phi) is 7.66. The van der Waals surface area contributed by atoms with Crippen molar-refractivity contribution in [1.29, 1.82) is 0 Å². The van der Waals surface area contributed by atoms with Gasteiger partial charge in [0.15, 0.2) is 0 Å². The molecule has 9 heteroatoms. The lowest BCUT2D eigenvalue weighted by Crippen LogP contribution is -2.57. The van der Waals surface area contributed by atoms with Gasteiger partial charge in [0, 0.05) is 30.6 Å². The maximum Gasteiger partial charge on any atom is 0.251 e. The van der Waals surface area contributed by atoms with Crippen molar-refractivity contribution in [2.75, 3.05) is 31.7 Å². The summed E-state index contributed by atoms with van der Waals surface area (Å²) in [6, 6.07) is 15.7. The summed E-state index contributed by atoms with van der Waals surface area (Å²) in [6.45, 7) is 4.88. The van der Waals surface area contributed by atoms with Crippen LogP contribution < -0.4 is 9.64 Å². The monoisotopic (exact) mass is 587 g/mol. The van der Waals surface area contributed by atoms with E-state index in [2.05, 4.69) is 6.08 Å². The van der Waals surface area contributed by atoms with E-state index in [0.717, 1.165) is 5.56 Å². The third-order valence-corrected chi connectivity index (χ3v) is 10.8. The molecule has 8 nitrogen and oxygen atoms in total. The van der Waals surface area contributed by atoms with Gasteiger partial charge in [0.2, 0.25) is 11.8 Å². The number of likely N-dealkylation sites (tertiary alicyclic amines) is 1. The van der Waals surface area contributed by atoms with Crippen LogP contribution in [0.4, 0.5) is 5.69 Å². The molecule has 1 unspecified atom stereocenters. The van der Waals surface area contributed by atoms with Crippen molar-refractivity contribution in [3.8, 4) is 5.75 Å². The fraction of sp³-hybridized carbons (Fsp3) is 0.424. The number of ether oxygens (including phenoxy) is 1. The number of benzene rings is 2. The minimum absolute atomic E-state index is 0.0700. The molecule has 4 aliphatic heterocycles. The van der Waals surface area contributed by atoms with Crippen molar-refractivity contribution in [3.63, 3.8) is 0 Å². The highest BCUT2D eigenvalue weighted by Crippen LogP contribution is 2.61. The van der Waals surface area contributed by atoms with Crippen molar-refractivity contribution < 1.29 is 24.2 Å². The second-order valence-corrected chi connectivity index (χ2v) is 13.3. The Morgan fingerprint density at radius 1 is 0.976 bits per heavy atom. The van der Waals surface area contributed by atoms with Gasteiger partial charge in [0.05, 0.1) is 36.3 Å². The van der Waals surface area contributed by atoms with E-state index in [9.17, 15) is 19.5 Å². The van der Waals surface area contributed by atoms with Crippen molar-refractivity contribution in [2.45, 2.75) is 42.5 Å². The first-order valence-electron chi connectivity index (χ1n) is 14.5. The SMILES string of the molecule is COc1ccc(N2CC=C[C@]34S[C@@H]5C=CCN(Cc6ccccc6)C(=O)[C@@H]5[C@H]3C(=O)N([C@@H](CO)C(C)C)C4C2=O)cc1. The quantitative estimate of drug-likeness (QED) is 0.499. The summed E-state index contributed by atoms with van der Waals surface area (Å²) in [5.41, 5.74) is 1.72. The molecule has 0 saturated carbocycles. The summed E-state index contributed by atoms with van der Waals surface area (Å²) in [4.78, 5) is 48.7. The average Bonchev–Trinajstić information content (AvgIpc) is 3.31. The standard InChI is InChI=1S/C33H37N3O5S/c1-21(2)25(20-37)36-29-32(40)35(23-12-14-24(41-3)15-13-23)18-8-16-33(29)28(31(36)39)27-26(42-33)11-7-17-34(30(27)38)19-22-9-5-4-6-10-22/h4-16,21,25-29,37H,17-20H2,1-3H3/t25-,26+,27-,28-,29?,33-/m0/s1. The smallest absolute Gasteiger partial charge is 0.251 e. The van der Waals surface area contributed by atoms with Crippen LogP contribution in [-0.4, -0.2) is 81.5 Å². The number of hydrogen-bond acceptors (Lipinski definition) is 6. The molecule has 3 amide bonds. The zero-order chi connectivity index (χ0) is 29.6. The number of amides is 3. The molecular weight excluding hydrogens is 550 g/mol. The number of carbonyl (C=O) groups is 3. The Bertz CT molecular complexity index is 1410. The maximum absolute atomic E-state index is 14.6. The summed E-state index contributed by atoms with van der Waals surface area (Å²) in [6.07, 6.45) is 8.04. The van der Waals surface area contributed by atoms with Crippen molar-refractivity contribution in [2.24, 2.45) is 17.8 Å². The van der Waals surface area contributed by atoms with Gasteiger partial charge in [-0.1, -0.05) is 68.5 Å². The summed E-state index contributed by atoms with van der Waals surface area (Å²) in [5, 5.41) is 10.3. The van der Waals surface area contributed by atoms with Crippen LogP contribution in [0.3, 0.4) is 0 Å². The topological polar surface area (TPSA) is 90.4 Å². The van der Waals surface area contributed by atoms with Gasteiger partial charge in [-0.05, 0) is 35.7 Å². The fourth-order valence-corrected chi connectivity index (χ4v) is 9.04. The lowest BCUT2D eigenvalue weighted by atomic mass is 9.78. The van der Waals surface area contributed by atoms with E-state index in [0.29, 0.717) is 31.1 Å². The number of nitrogens with zero attached hydrogens (tertiary/aromatic N) is 3. The van der Waals surface area contributed by atoms with Gasteiger partial charge in [-0.15, -0.1) is 11.8 Å². The van der Waals surface area contributed by atoms with Crippen LogP contribution in [0.15, 0.2) is 78.9 Å². The van der Waals surface area contributed by atoms with E-state index in [1.165, 1.54) is 0 Å². The molecule has 6 atom stereocenters. The zero-order valence-corrected chi connectivity index (χ0v) is 24.9. The van der Waals surface area contributed by atoms with E-state index in [1.54, 1.807) is 28.7 Å². The number of aliphatic hydroxyl groups excluding tert-OH is 1. The predicted molar refractivity (Wildman–Crippen MR) is 163 cm³/mol. The molecule has 6 rings (SSSR count). The lowest BCUT2D eigenvalue weighted by molar-refractivity contribution is -0.145. The second kappa shape index (κ2) is 11.3. The molecule has 1 spiro atoms. The minimum Gasteiger partial charge on any atom is -0.497 e. The molecule has 1 N–H and O–H groups in total. The number of anilines is 1. The molecule has 0 radical (unpaired) electrons. The molecule has 2 aromatic carbocycles. The van der Waals surface area contributed by atoms with Crippen molar-refractivity contribution >= 4 is 35.2 Å². The van der Waals surface area contributed by atoms with Gasteiger partial charge in [0.25, 0.3) is 5.91 Å². The van der Waals surface area contributed by atoms with Crippen LogP contribution in [0, 0.1) is 17.8 Å². The van der Waals surface area contributed by atoms with E-state index >= 15 is 0 Å². The third-order valence-electron chi connectivity index (χ3n) is 9.09. The average molecular weight is 588 g/mol. The Morgan fingerprint density at radius 3 is 2.38 bits per heavy atom. The van der Waals surface area contributed by atoms with Crippen LogP contribution in [0.1, 0.15) is 19.4 Å². The molecule has 2 fully saturated rings. The number of methoxy groups -OCH3 is 1. The Hall–Kier alpha value is -3.56. The highest BCUT2D eigenvalue weighted by Gasteiger charge is 2.72. The summed E-state index contributed by atoms with van der Waals surface area (Å²) in [7, 11) is 1.59. The van der Waals surface area contributed by atoms with Gasteiger partial charge in [-0.3, -0.25) is 14.4 Å². The molecule has 0 bridgehead atoms. The first-order valence-corrected chi connectivity index (χ1v) is 15.4. The first kappa shape index (κ1) is 28.6. The Balaban J connectivity index is 1.43. The normalized spacial score (nSPS) is 29.4. The molecule has 42 heavy (non-hydrogen) atoms. The third kappa shape index (κ3) is 4.54. The zero-order valence-electron chi connectivity index (χ0n) is 24.1. The summed E-state index contributed by atoms with van der Waals surface area (Å²) >= 11 is 1.56. The van der Waals surface area contributed by atoms with Gasteiger partial charge in [0.1, 0.15) is 11.8 Å². The van der Waals surface area contributed by atoms with Crippen LogP contribution in [0.2, 0.25) is 0 Å². The molecule has 220 valence electrons. The predicted octanol–water partition coefficient (Wildman–Crippen LogP) is 3.51. The highest BCUT2D eigenvalue weighted by atomic mass is 32.2. The minimum atomic E-state index is -0.942. The van der Waals surface area contributed by atoms with Gasteiger partial charge >= 0.3 is 0 Å². The largest absolute Gasteiger partial charge is 0.497 e. The molecule has 4 heterocycles. The van der Waals surface area contributed by atoms with Crippen LogP contribution >= 0.6 is 11.8 Å². The molecule has 0 aliphatic carbocycles. The fourth-order valence-electron chi connectivity index (χ4n) is 7.05. The Labute approximate surface area is 251 Å². The number of thioether (sulfide) groups is 1. The number of carbonyl (C=O) groups excluding carboxylic acids is 3. The van der Waals surface area contributed by atoms with Gasteiger partial charge < -0.3 is 24.5 Å². The number of rotatable bonds is 7. The van der Waals surface area contributed by atoms with Crippen LogP contribution in [0.25, 0.3) is 0 Å². The maximum atomic E-state index is 14.6. The molecule has 0 aromatic heterocycles. The van der Waals surface area contributed by atoms with E-state index in [4.69, 9.17) is 4.74 Å². The number of fused-ring (bicyclic) bond motifs is 2. The molecule has 4 aliphatic rings. The van der Waals surface area contributed by atoms with E-state index < -0.39 is 28.7 Å². The number of aliphatic hydroxyl groups is 1. The number of hydrogen-bond donors (Lipinski definition) is 1. The lowest BCUT2D eigenvalue weighted by Gasteiger charge is -2.39. The van der Waals surface area contributed by atoms with Crippen LogP contribution in [0.5, 0.6) is 5.75 Å². The molecule has 2 saturated heterocycles. The second-order valence-electron chi connectivity index (χ2n) is 11.8. The van der Waals surface area contributed by atoms with E-state index in [1.807, 2.05) is 91.6 Å². The van der Waals surface area contributed by atoms with Gasteiger partial charge in [-0.25, -0.2) is 0 Å². The Morgan fingerprint density at radius 2 is 1.71 bits per heavy atom. The van der Waals surface area contributed by atoms with Crippen LogP contribution in [-0.2, 0) is 20.9 Å². The summed E-state index contributed by atoms with van der Waals surface area (Å²) in [5.74, 6) is -1.26.